The van der Waals surface area contributed by atoms with Crippen molar-refractivity contribution in [1.29, 1.82) is 0 Å². The molecule has 136 valence electrons. The molecule has 4 heteroatoms. The summed E-state index contributed by atoms with van der Waals surface area (Å²) in [5.41, 5.74) is 13.8. The summed E-state index contributed by atoms with van der Waals surface area (Å²) < 4.78 is 5.70. The lowest BCUT2D eigenvalue weighted by Crippen LogP contribution is -2.08. The van der Waals surface area contributed by atoms with E-state index >= 15 is 0 Å². The molecule has 0 radical (unpaired) electrons. The van der Waals surface area contributed by atoms with Crippen molar-refractivity contribution in [2.75, 3.05) is 12.3 Å². The van der Waals surface area contributed by atoms with Crippen LogP contribution in [0.3, 0.4) is 0 Å². The highest BCUT2D eigenvalue weighted by Crippen LogP contribution is 2.33. The number of nitrogens with two attached hydrogens (primary N) is 1. The lowest BCUT2D eigenvalue weighted by Gasteiger charge is -2.17. The van der Waals surface area contributed by atoms with E-state index in [1.807, 2.05) is 0 Å². The van der Waals surface area contributed by atoms with Crippen LogP contribution >= 0.6 is 0 Å². The molecule has 1 heterocycles. The van der Waals surface area contributed by atoms with Gasteiger partial charge in [-0.05, 0) is 67.2 Å². The Bertz CT molecular complexity index is 842. The van der Waals surface area contributed by atoms with Gasteiger partial charge in [0.05, 0.1) is 12.3 Å². The lowest BCUT2D eigenvalue weighted by molar-refractivity contribution is 0.285. The summed E-state index contributed by atoms with van der Waals surface area (Å²) in [5, 5.41) is 0. The number of nitrogen functional groups attached to an aromatic ring is 1. The lowest BCUT2D eigenvalue weighted by atomic mass is 9.89. The van der Waals surface area contributed by atoms with Crippen LogP contribution in [0.1, 0.15) is 60.6 Å². The molecule has 0 unspecified atom stereocenters. The second-order valence-corrected chi connectivity index (χ2v) is 7.34. The van der Waals surface area contributed by atoms with Crippen LogP contribution in [0.5, 0.6) is 6.01 Å². The molecule has 2 aliphatic carbocycles. The first-order valence-electron chi connectivity index (χ1n) is 9.84. The molecule has 2 aromatic rings. The fourth-order valence-electron chi connectivity index (χ4n) is 3.91. The second kappa shape index (κ2) is 7.48. The number of hydrogen-bond acceptors (Lipinski definition) is 4. The van der Waals surface area contributed by atoms with Crippen LogP contribution in [-0.2, 0) is 25.7 Å². The molecule has 0 amide bonds. The molecule has 2 N–H and O–H groups in total. The van der Waals surface area contributed by atoms with Crippen molar-refractivity contribution < 1.29 is 4.74 Å². The average molecular weight is 349 g/mol. The molecule has 0 atom stereocenters. The highest BCUT2D eigenvalue weighted by Gasteiger charge is 2.21. The molecular weight excluding hydrogens is 322 g/mol. The van der Waals surface area contributed by atoms with Crippen LogP contribution < -0.4 is 10.5 Å². The topological polar surface area (TPSA) is 61.0 Å². The molecule has 0 saturated carbocycles. The van der Waals surface area contributed by atoms with Gasteiger partial charge in [-0.25, -0.2) is 0 Å². The molecular formula is C22H27N3O. The largest absolute Gasteiger partial charge is 0.463 e. The molecule has 0 fully saturated rings. The summed E-state index contributed by atoms with van der Waals surface area (Å²) in [4.78, 5) is 9.00. The van der Waals surface area contributed by atoms with Crippen molar-refractivity contribution in [2.45, 2.75) is 58.3 Å². The Labute approximate surface area is 155 Å². The first-order chi connectivity index (χ1) is 12.7. The van der Waals surface area contributed by atoms with Gasteiger partial charge < -0.3 is 10.5 Å². The van der Waals surface area contributed by atoms with E-state index in [1.54, 1.807) is 0 Å². The van der Waals surface area contributed by atoms with E-state index in [0.717, 1.165) is 36.9 Å². The van der Waals surface area contributed by atoms with E-state index in [-0.39, 0.29) is 0 Å². The zero-order valence-electron chi connectivity index (χ0n) is 15.6. The van der Waals surface area contributed by atoms with Crippen molar-refractivity contribution >= 4 is 11.4 Å². The summed E-state index contributed by atoms with van der Waals surface area (Å²) in [6, 6.07) is 7.38. The van der Waals surface area contributed by atoms with Crippen LogP contribution in [0, 0.1) is 0 Å². The van der Waals surface area contributed by atoms with Gasteiger partial charge in [-0.1, -0.05) is 37.6 Å². The number of hydrogen-bond donors (Lipinski definition) is 1. The Balaban J connectivity index is 1.55. The number of anilines is 1. The zero-order chi connectivity index (χ0) is 17.9. The summed E-state index contributed by atoms with van der Waals surface area (Å²) in [5.74, 6) is 0.554. The van der Waals surface area contributed by atoms with Gasteiger partial charge in [-0.2, -0.15) is 9.97 Å². The van der Waals surface area contributed by atoms with Gasteiger partial charge in [0.2, 0.25) is 0 Å². The number of allylic oxidation sites excluding steroid dienone is 2. The van der Waals surface area contributed by atoms with Crippen molar-refractivity contribution in [3.05, 3.63) is 52.2 Å². The first-order valence-corrected chi connectivity index (χ1v) is 9.84. The van der Waals surface area contributed by atoms with Crippen LogP contribution in [0.4, 0.5) is 5.82 Å². The van der Waals surface area contributed by atoms with E-state index in [1.165, 1.54) is 47.9 Å². The highest BCUT2D eigenvalue weighted by molar-refractivity contribution is 5.75. The Morgan fingerprint density at radius 1 is 1.12 bits per heavy atom. The maximum Gasteiger partial charge on any atom is 0.318 e. The number of fused-ring (bicyclic) bond motifs is 2. The number of unbranched alkanes of at least 4 members (excludes halogenated alkanes) is 1. The number of aryl methyl sites for hydroxylation is 2. The van der Waals surface area contributed by atoms with Gasteiger partial charge in [0.25, 0.3) is 0 Å². The predicted molar refractivity (Wildman–Crippen MR) is 105 cm³/mol. The summed E-state index contributed by atoms with van der Waals surface area (Å²) in [7, 11) is 0. The quantitative estimate of drug-likeness (QED) is 0.790. The van der Waals surface area contributed by atoms with Crippen LogP contribution in [-0.4, -0.2) is 16.6 Å². The maximum atomic E-state index is 6.16. The summed E-state index contributed by atoms with van der Waals surface area (Å²) in [6.07, 6.45) is 11.1. The number of rotatable bonds is 6. The van der Waals surface area contributed by atoms with Crippen LogP contribution in [0.25, 0.3) is 5.57 Å². The molecule has 0 spiro atoms. The Morgan fingerprint density at radius 2 is 1.96 bits per heavy atom. The van der Waals surface area contributed by atoms with E-state index in [4.69, 9.17) is 10.5 Å². The van der Waals surface area contributed by atoms with Crippen molar-refractivity contribution in [2.24, 2.45) is 0 Å². The SMILES string of the molecule is CCCCOc1nc(N)c2c(n1)C(Cc1ccc3c(c1)CCCC3)=CC2. The van der Waals surface area contributed by atoms with Gasteiger partial charge in [0.15, 0.2) is 0 Å². The predicted octanol–water partition coefficient (Wildman–Crippen LogP) is 4.30. The molecule has 4 rings (SSSR count). The minimum absolute atomic E-state index is 0.410. The van der Waals surface area contributed by atoms with Gasteiger partial charge in [0.1, 0.15) is 5.82 Å². The third-order valence-electron chi connectivity index (χ3n) is 5.41. The molecule has 0 saturated heterocycles. The first kappa shape index (κ1) is 17.1. The Morgan fingerprint density at radius 3 is 2.81 bits per heavy atom. The second-order valence-electron chi connectivity index (χ2n) is 7.34. The summed E-state index contributed by atoms with van der Waals surface area (Å²) >= 11 is 0. The van der Waals surface area contributed by atoms with Gasteiger partial charge in [-0.15, -0.1) is 0 Å². The van der Waals surface area contributed by atoms with Crippen LogP contribution in [0.2, 0.25) is 0 Å². The van der Waals surface area contributed by atoms with Gasteiger partial charge >= 0.3 is 6.01 Å². The number of ether oxygens (including phenoxy) is 1. The van der Waals surface area contributed by atoms with Crippen LogP contribution in [0.15, 0.2) is 24.3 Å². The smallest absolute Gasteiger partial charge is 0.318 e. The minimum atomic E-state index is 0.410. The molecule has 1 aromatic heterocycles. The minimum Gasteiger partial charge on any atom is -0.463 e. The normalized spacial score (nSPS) is 15.3. The number of nitrogens with zero attached hydrogens (tertiary/aromatic N) is 2. The van der Waals surface area contributed by atoms with E-state index in [9.17, 15) is 0 Å². The molecule has 1 aromatic carbocycles. The standard InChI is InChI=1S/C22H27N3O/c1-2-3-12-26-22-24-20-18(10-11-19(20)21(23)25-22)14-15-8-9-16-6-4-5-7-17(16)13-15/h8-10,13H,2-7,11-12,14H2,1H3,(H2,23,24,25). The van der Waals surface area contributed by atoms with Gasteiger partial charge in [-0.3, -0.25) is 0 Å². The van der Waals surface area contributed by atoms with Gasteiger partial charge in [0, 0.05) is 5.56 Å². The third kappa shape index (κ3) is 3.46. The van der Waals surface area contributed by atoms with E-state index < -0.39 is 0 Å². The third-order valence-corrected chi connectivity index (χ3v) is 5.41. The Kier molecular flexibility index (Phi) is 4.91. The molecule has 2 aliphatic rings. The average Bonchev–Trinajstić information content (AvgIpc) is 3.05. The maximum absolute atomic E-state index is 6.16. The van der Waals surface area contributed by atoms with Crippen molar-refractivity contribution in [3.63, 3.8) is 0 Å². The molecule has 26 heavy (non-hydrogen) atoms. The fraction of sp³-hybridized carbons (Fsp3) is 0.455. The van der Waals surface area contributed by atoms with E-state index in [2.05, 4.69) is 41.2 Å². The van der Waals surface area contributed by atoms with Crippen molar-refractivity contribution in [1.82, 2.24) is 9.97 Å². The monoisotopic (exact) mass is 349 g/mol. The molecule has 4 nitrogen and oxygen atoms in total. The summed E-state index contributed by atoms with van der Waals surface area (Å²) in [6.45, 7) is 2.78. The number of aromatic nitrogens is 2. The molecule has 0 bridgehead atoms. The fourth-order valence-corrected chi connectivity index (χ4v) is 3.91. The number of benzene rings is 1. The van der Waals surface area contributed by atoms with Crippen molar-refractivity contribution in [3.8, 4) is 6.01 Å². The zero-order valence-corrected chi connectivity index (χ0v) is 15.6. The highest BCUT2D eigenvalue weighted by atomic mass is 16.5. The van der Waals surface area contributed by atoms with E-state index in [0.29, 0.717) is 18.4 Å². The Hall–Kier alpha value is -2.36. The molecule has 0 aliphatic heterocycles.